The number of benzene rings is 2. The van der Waals surface area contributed by atoms with E-state index in [1.807, 2.05) is 26.8 Å². The Morgan fingerprint density at radius 1 is 0.960 bits per heavy atom. The van der Waals surface area contributed by atoms with Crippen molar-refractivity contribution in [1.29, 1.82) is 0 Å². The lowest BCUT2D eigenvalue weighted by Crippen LogP contribution is -2.39. The molecule has 5 heteroatoms. The summed E-state index contributed by atoms with van der Waals surface area (Å²) in [6.07, 6.45) is -0.664. The molecule has 2 amide bonds. The number of amides is 2. The summed E-state index contributed by atoms with van der Waals surface area (Å²) in [7, 11) is 0. The fraction of sp³-hybridized carbons (Fsp3) is 0.300. The average molecular weight is 340 g/mol. The molecule has 1 unspecified atom stereocenters. The molecule has 0 fully saturated rings. The zero-order valence-electron chi connectivity index (χ0n) is 14.7. The van der Waals surface area contributed by atoms with E-state index in [0.29, 0.717) is 16.8 Å². The van der Waals surface area contributed by atoms with Gasteiger partial charge in [0.2, 0.25) is 0 Å². The summed E-state index contributed by atoms with van der Waals surface area (Å²) in [5.74, 6) is -0.622. The number of rotatable bonds is 5. The second kappa shape index (κ2) is 7.94. The first-order valence-electron chi connectivity index (χ1n) is 8.20. The molecule has 2 rings (SSSR count). The van der Waals surface area contributed by atoms with Gasteiger partial charge in [-0.1, -0.05) is 51.1 Å². The van der Waals surface area contributed by atoms with E-state index in [1.165, 1.54) is 0 Å². The number of carbonyl (C=O) groups excluding carboxylic acids is 2. The average Bonchev–Trinajstić information content (AvgIpc) is 2.59. The first-order valence-corrected chi connectivity index (χ1v) is 8.20. The standard InChI is InChI=1S/C20H24N2O3/c1-20(2,3)17(23)13-21-19(25)15-11-7-8-12-16(15)22-18(24)14-9-5-4-6-10-14/h4-12,17,23H,13H2,1-3H3,(H,21,25)(H,22,24). The van der Waals surface area contributed by atoms with Gasteiger partial charge in [0.05, 0.1) is 17.4 Å². The Morgan fingerprint density at radius 2 is 1.56 bits per heavy atom. The Morgan fingerprint density at radius 3 is 2.20 bits per heavy atom. The molecular weight excluding hydrogens is 316 g/mol. The van der Waals surface area contributed by atoms with E-state index in [1.54, 1.807) is 48.5 Å². The summed E-state index contributed by atoms with van der Waals surface area (Å²) >= 11 is 0. The molecule has 0 spiro atoms. The van der Waals surface area contributed by atoms with E-state index >= 15 is 0 Å². The van der Waals surface area contributed by atoms with E-state index in [4.69, 9.17) is 0 Å². The van der Waals surface area contributed by atoms with Gasteiger partial charge in [-0.2, -0.15) is 0 Å². The Labute approximate surface area is 148 Å². The topological polar surface area (TPSA) is 78.4 Å². The van der Waals surface area contributed by atoms with Crippen molar-refractivity contribution >= 4 is 17.5 Å². The fourth-order valence-electron chi connectivity index (χ4n) is 2.16. The Bertz CT molecular complexity index is 736. The molecule has 5 nitrogen and oxygen atoms in total. The lowest BCUT2D eigenvalue weighted by Gasteiger charge is -2.26. The van der Waals surface area contributed by atoms with Crippen LogP contribution in [0, 0.1) is 5.41 Å². The SMILES string of the molecule is CC(C)(C)C(O)CNC(=O)c1ccccc1NC(=O)c1ccccc1. The molecule has 0 saturated carbocycles. The first-order chi connectivity index (χ1) is 11.8. The van der Waals surface area contributed by atoms with Crippen LogP contribution >= 0.6 is 0 Å². The van der Waals surface area contributed by atoms with Crippen LogP contribution in [0.5, 0.6) is 0 Å². The van der Waals surface area contributed by atoms with Crippen molar-refractivity contribution in [2.24, 2.45) is 5.41 Å². The van der Waals surface area contributed by atoms with Gasteiger partial charge >= 0.3 is 0 Å². The molecule has 0 bridgehead atoms. The van der Waals surface area contributed by atoms with Gasteiger partial charge in [-0.15, -0.1) is 0 Å². The van der Waals surface area contributed by atoms with E-state index in [9.17, 15) is 14.7 Å². The maximum absolute atomic E-state index is 12.4. The smallest absolute Gasteiger partial charge is 0.255 e. The number of aliphatic hydroxyl groups excluding tert-OH is 1. The number of aliphatic hydroxyl groups is 1. The van der Waals surface area contributed by atoms with E-state index in [2.05, 4.69) is 10.6 Å². The second-order valence-corrected chi connectivity index (χ2v) is 6.96. The predicted octanol–water partition coefficient (Wildman–Crippen LogP) is 3.08. The highest BCUT2D eigenvalue weighted by atomic mass is 16.3. The maximum Gasteiger partial charge on any atom is 0.255 e. The summed E-state index contributed by atoms with van der Waals surface area (Å²) in [5, 5.41) is 15.5. The molecular formula is C20H24N2O3. The number of nitrogens with one attached hydrogen (secondary N) is 2. The van der Waals surface area contributed by atoms with Crippen molar-refractivity contribution in [2.75, 3.05) is 11.9 Å². The maximum atomic E-state index is 12.4. The molecule has 0 saturated heterocycles. The Kier molecular flexibility index (Phi) is 5.93. The third-order valence-corrected chi connectivity index (χ3v) is 3.91. The van der Waals surface area contributed by atoms with E-state index in [0.717, 1.165) is 0 Å². The van der Waals surface area contributed by atoms with Crippen LogP contribution in [-0.2, 0) is 0 Å². The van der Waals surface area contributed by atoms with Gasteiger partial charge in [-0.25, -0.2) is 0 Å². The Hall–Kier alpha value is -2.66. The van der Waals surface area contributed by atoms with E-state index < -0.39 is 6.10 Å². The number of hydrogen-bond donors (Lipinski definition) is 3. The molecule has 0 radical (unpaired) electrons. The normalized spacial score (nSPS) is 12.3. The van der Waals surface area contributed by atoms with Crippen LogP contribution in [0.4, 0.5) is 5.69 Å². The molecule has 0 aromatic heterocycles. The molecule has 2 aromatic rings. The van der Waals surface area contributed by atoms with Crippen LogP contribution in [0.3, 0.4) is 0 Å². The quantitative estimate of drug-likeness (QED) is 0.783. The van der Waals surface area contributed by atoms with Crippen LogP contribution in [0.15, 0.2) is 54.6 Å². The molecule has 3 N–H and O–H groups in total. The van der Waals surface area contributed by atoms with Gasteiger partial charge in [0.15, 0.2) is 0 Å². The van der Waals surface area contributed by atoms with Crippen LogP contribution < -0.4 is 10.6 Å². The highest BCUT2D eigenvalue weighted by molar-refractivity contribution is 6.08. The zero-order valence-corrected chi connectivity index (χ0v) is 14.7. The number of hydrogen-bond acceptors (Lipinski definition) is 3. The summed E-state index contributed by atoms with van der Waals surface area (Å²) in [6, 6.07) is 15.6. The van der Waals surface area contributed by atoms with Crippen LogP contribution in [-0.4, -0.2) is 29.6 Å². The highest BCUT2D eigenvalue weighted by Gasteiger charge is 2.23. The fourth-order valence-corrected chi connectivity index (χ4v) is 2.16. The predicted molar refractivity (Wildman–Crippen MR) is 98.6 cm³/mol. The van der Waals surface area contributed by atoms with Crippen molar-refractivity contribution in [2.45, 2.75) is 26.9 Å². The highest BCUT2D eigenvalue weighted by Crippen LogP contribution is 2.19. The molecule has 0 aliphatic rings. The molecule has 0 heterocycles. The largest absolute Gasteiger partial charge is 0.391 e. The molecule has 0 aliphatic carbocycles. The summed E-state index contributed by atoms with van der Waals surface area (Å²) in [5.41, 5.74) is 0.974. The van der Waals surface area contributed by atoms with Crippen molar-refractivity contribution in [3.05, 3.63) is 65.7 Å². The minimum absolute atomic E-state index is 0.142. The van der Waals surface area contributed by atoms with Crippen molar-refractivity contribution in [1.82, 2.24) is 5.32 Å². The zero-order chi connectivity index (χ0) is 18.4. The minimum Gasteiger partial charge on any atom is -0.391 e. The summed E-state index contributed by atoms with van der Waals surface area (Å²) in [4.78, 5) is 24.7. The van der Waals surface area contributed by atoms with Gasteiger partial charge in [0.25, 0.3) is 11.8 Å². The number of para-hydroxylation sites is 1. The monoisotopic (exact) mass is 340 g/mol. The van der Waals surface area contributed by atoms with Gasteiger partial charge < -0.3 is 15.7 Å². The number of carbonyl (C=O) groups is 2. The van der Waals surface area contributed by atoms with E-state index in [-0.39, 0.29) is 23.8 Å². The molecule has 1 atom stereocenters. The molecule has 2 aromatic carbocycles. The summed E-state index contributed by atoms with van der Waals surface area (Å²) < 4.78 is 0. The Balaban J connectivity index is 2.10. The molecule has 132 valence electrons. The molecule has 25 heavy (non-hydrogen) atoms. The van der Waals surface area contributed by atoms with Gasteiger partial charge in [-0.3, -0.25) is 9.59 Å². The van der Waals surface area contributed by atoms with Crippen LogP contribution in [0.2, 0.25) is 0 Å². The lowest BCUT2D eigenvalue weighted by molar-refractivity contribution is 0.0587. The first kappa shape index (κ1) is 18.7. The lowest BCUT2D eigenvalue weighted by atomic mass is 9.89. The number of anilines is 1. The second-order valence-electron chi connectivity index (χ2n) is 6.96. The minimum atomic E-state index is -0.664. The van der Waals surface area contributed by atoms with Crippen molar-refractivity contribution in [3.63, 3.8) is 0 Å². The van der Waals surface area contributed by atoms with Crippen molar-refractivity contribution < 1.29 is 14.7 Å². The third-order valence-electron chi connectivity index (χ3n) is 3.91. The van der Waals surface area contributed by atoms with Crippen LogP contribution in [0.1, 0.15) is 41.5 Å². The van der Waals surface area contributed by atoms with Gasteiger partial charge in [-0.05, 0) is 29.7 Å². The molecule has 0 aliphatic heterocycles. The third kappa shape index (κ3) is 5.16. The van der Waals surface area contributed by atoms with Gasteiger partial charge in [0, 0.05) is 12.1 Å². The van der Waals surface area contributed by atoms with Gasteiger partial charge in [0.1, 0.15) is 0 Å². The van der Waals surface area contributed by atoms with Crippen molar-refractivity contribution in [3.8, 4) is 0 Å². The summed E-state index contributed by atoms with van der Waals surface area (Å²) in [6.45, 7) is 5.84. The van der Waals surface area contributed by atoms with Crippen LogP contribution in [0.25, 0.3) is 0 Å².